The molecule has 2 aromatic heterocycles. The van der Waals surface area contributed by atoms with Gasteiger partial charge in [-0.25, -0.2) is 0 Å². The summed E-state index contributed by atoms with van der Waals surface area (Å²) in [5.41, 5.74) is 1.27. The first kappa shape index (κ1) is 25.2. The first-order chi connectivity index (χ1) is 18.6. The highest BCUT2D eigenvalue weighted by Gasteiger charge is 2.36. The number of aromatic nitrogens is 4. The minimum atomic E-state index is -1.04. The van der Waals surface area contributed by atoms with Crippen LogP contribution >= 0.6 is 0 Å². The zero-order valence-electron chi connectivity index (χ0n) is 21.2. The SMILES string of the molecule is COc1cccc(N(C(=O)Cn2nnc(-c3ccccc3)n2)[C@@H](C(=O)NC2CCCCC2)c2ccco2)c1. The van der Waals surface area contributed by atoms with Crippen LogP contribution in [0, 0.1) is 0 Å². The number of tetrazole rings is 1. The van der Waals surface area contributed by atoms with E-state index in [-0.39, 0.29) is 18.5 Å². The molecule has 38 heavy (non-hydrogen) atoms. The fourth-order valence-electron chi connectivity index (χ4n) is 4.76. The van der Waals surface area contributed by atoms with Crippen molar-refractivity contribution in [2.24, 2.45) is 0 Å². The van der Waals surface area contributed by atoms with Crippen molar-refractivity contribution in [2.75, 3.05) is 12.0 Å². The number of hydrogen-bond acceptors (Lipinski definition) is 7. The van der Waals surface area contributed by atoms with Gasteiger partial charge < -0.3 is 14.5 Å². The smallest absolute Gasteiger partial charge is 0.251 e. The zero-order chi connectivity index (χ0) is 26.3. The Morgan fingerprint density at radius 1 is 1.08 bits per heavy atom. The predicted octanol–water partition coefficient (Wildman–Crippen LogP) is 4.17. The summed E-state index contributed by atoms with van der Waals surface area (Å²) >= 11 is 0. The summed E-state index contributed by atoms with van der Waals surface area (Å²) in [5.74, 6) is 0.599. The second-order valence-corrected chi connectivity index (χ2v) is 9.24. The van der Waals surface area contributed by atoms with Crippen molar-refractivity contribution in [3.8, 4) is 17.1 Å². The molecular formula is C28H30N6O4. The maximum absolute atomic E-state index is 13.9. The van der Waals surface area contributed by atoms with Crippen LogP contribution in [0.4, 0.5) is 5.69 Å². The van der Waals surface area contributed by atoms with Gasteiger partial charge in [0.05, 0.1) is 13.4 Å². The third kappa shape index (κ3) is 5.74. The molecular weight excluding hydrogens is 484 g/mol. The van der Waals surface area contributed by atoms with Crippen LogP contribution in [-0.2, 0) is 16.1 Å². The lowest BCUT2D eigenvalue weighted by molar-refractivity contribution is -0.128. The van der Waals surface area contributed by atoms with E-state index < -0.39 is 11.9 Å². The Hall–Kier alpha value is -4.47. The quantitative estimate of drug-likeness (QED) is 0.356. The summed E-state index contributed by atoms with van der Waals surface area (Å²) in [6, 6.07) is 18.8. The molecule has 0 aliphatic heterocycles. The molecule has 1 fully saturated rings. The summed E-state index contributed by atoms with van der Waals surface area (Å²) in [4.78, 5) is 30.4. The van der Waals surface area contributed by atoms with E-state index in [9.17, 15) is 9.59 Å². The average molecular weight is 515 g/mol. The second-order valence-electron chi connectivity index (χ2n) is 9.24. The summed E-state index contributed by atoms with van der Waals surface area (Å²) in [7, 11) is 1.55. The van der Waals surface area contributed by atoms with E-state index in [0.29, 0.717) is 23.0 Å². The fourth-order valence-corrected chi connectivity index (χ4v) is 4.76. The Labute approximate surface area is 220 Å². The van der Waals surface area contributed by atoms with Gasteiger partial charge in [0.15, 0.2) is 6.04 Å². The Kier molecular flexibility index (Phi) is 7.77. The van der Waals surface area contributed by atoms with Crippen LogP contribution in [0.5, 0.6) is 5.75 Å². The zero-order valence-corrected chi connectivity index (χ0v) is 21.2. The predicted molar refractivity (Wildman–Crippen MR) is 140 cm³/mol. The summed E-state index contributed by atoms with van der Waals surface area (Å²) in [6.07, 6.45) is 6.62. The number of nitrogens with zero attached hydrogens (tertiary/aromatic N) is 5. The Morgan fingerprint density at radius 3 is 2.63 bits per heavy atom. The molecule has 0 radical (unpaired) electrons. The Bertz CT molecular complexity index is 1350. The van der Waals surface area contributed by atoms with E-state index in [1.54, 1.807) is 43.5 Å². The molecule has 10 nitrogen and oxygen atoms in total. The van der Waals surface area contributed by atoms with Crippen LogP contribution in [0.3, 0.4) is 0 Å². The maximum atomic E-state index is 13.9. The molecule has 1 saturated carbocycles. The van der Waals surface area contributed by atoms with Gasteiger partial charge in [0, 0.05) is 23.4 Å². The lowest BCUT2D eigenvalue weighted by Crippen LogP contribution is -2.48. The normalized spacial score (nSPS) is 14.6. The third-order valence-electron chi connectivity index (χ3n) is 6.63. The summed E-state index contributed by atoms with van der Waals surface area (Å²) in [6.45, 7) is -0.231. The van der Waals surface area contributed by atoms with Crippen molar-refractivity contribution >= 4 is 17.5 Å². The molecule has 1 aliphatic rings. The standard InChI is InChI=1S/C28H30N6O4/c1-37-23-15-8-14-22(18-23)34(25(35)19-33-31-27(30-32-33)20-10-4-2-5-11-20)26(24-16-9-17-38-24)28(36)29-21-12-6-3-7-13-21/h2,4-5,8-11,14-18,21,26H,3,6-7,12-13,19H2,1H3,(H,29,36)/t26-/m1/s1. The van der Waals surface area contributed by atoms with Crippen LogP contribution in [-0.4, -0.2) is 45.2 Å². The molecule has 2 aromatic carbocycles. The minimum absolute atomic E-state index is 0.0568. The van der Waals surface area contributed by atoms with E-state index in [1.807, 2.05) is 30.3 Å². The molecule has 0 saturated heterocycles. The van der Waals surface area contributed by atoms with Gasteiger partial charge >= 0.3 is 0 Å². The van der Waals surface area contributed by atoms with Crippen molar-refractivity contribution in [1.29, 1.82) is 0 Å². The van der Waals surface area contributed by atoms with E-state index in [4.69, 9.17) is 9.15 Å². The number of carbonyl (C=O) groups excluding carboxylic acids is 2. The van der Waals surface area contributed by atoms with E-state index >= 15 is 0 Å². The first-order valence-corrected chi connectivity index (χ1v) is 12.8. The number of hydrogen-bond donors (Lipinski definition) is 1. The van der Waals surface area contributed by atoms with Gasteiger partial charge in [-0.3, -0.25) is 14.5 Å². The number of carbonyl (C=O) groups is 2. The number of nitrogens with one attached hydrogen (secondary N) is 1. The molecule has 0 unspecified atom stereocenters. The molecule has 5 rings (SSSR count). The van der Waals surface area contributed by atoms with Crippen molar-refractivity contribution in [1.82, 2.24) is 25.5 Å². The van der Waals surface area contributed by atoms with Gasteiger partial charge in [-0.15, -0.1) is 10.2 Å². The van der Waals surface area contributed by atoms with Crippen LogP contribution in [0.2, 0.25) is 0 Å². The highest BCUT2D eigenvalue weighted by Crippen LogP contribution is 2.31. The molecule has 1 N–H and O–H groups in total. The monoisotopic (exact) mass is 514 g/mol. The molecule has 196 valence electrons. The van der Waals surface area contributed by atoms with Gasteiger partial charge in [0.1, 0.15) is 18.1 Å². The van der Waals surface area contributed by atoms with Gasteiger partial charge in [0.25, 0.3) is 11.8 Å². The van der Waals surface area contributed by atoms with Crippen molar-refractivity contribution in [3.63, 3.8) is 0 Å². The van der Waals surface area contributed by atoms with Crippen molar-refractivity contribution in [3.05, 3.63) is 78.8 Å². The third-order valence-corrected chi connectivity index (χ3v) is 6.63. The van der Waals surface area contributed by atoms with Crippen LogP contribution in [0.1, 0.15) is 43.9 Å². The van der Waals surface area contributed by atoms with E-state index in [0.717, 1.165) is 37.7 Å². The van der Waals surface area contributed by atoms with Crippen molar-refractivity contribution < 1.29 is 18.7 Å². The average Bonchev–Trinajstić information content (AvgIpc) is 3.65. The molecule has 4 aromatic rings. The highest BCUT2D eigenvalue weighted by atomic mass is 16.5. The topological polar surface area (TPSA) is 115 Å². The minimum Gasteiger partial charge on any atom is -0.497 e. The molecule has 2 amide bonds. The number of anilines is 1. The maximum Gasteiger partial charge on any atom is 0.251 e. The number of ether oxygens (including phenoxy) is 1. The van der Waals surface area contributed by atoms with Gasteiger partial charge in [0.2, 0.25) is 5.82 Å². The van der Waals surface area contributed by atoms with Gasteiger partial charge in [-0.1, -0.05) is 55.7 Å². The van der Waals surface area contributed by atoms with Crippen LogP contribution in [0.15, 0.2) is 77.4 Å². The molecule has 10 heteroatoms. The lowest BCUT2D eigenvalue weighted by atomic mass is 9.95. The molecule has 1 atom stereocenters. The van der Waals surface area contributed by atoms with Crippen LogP contribution in [0.25, 0.3) is 11.4 Å². The summed E-state index contributed by atoms with van der Waals surface area (Å²) < 4.78 is 11.1. The molecule has 0 bridgehead atoms. The van der Waals surface area contributed by atoms with Crippen LogP contribution < -0.4 is 15.0 Å². The number of benzene rings is 2. The van der Waals surface area contributed by atoms with E-state index in [1.165, 1.54) is 16.0 Å². The summed E-state index contributed by atoms with van der Waals surface area (Å²) in [5, 5.41) is 15.7. The van der Waals surface area contributed by atoms with Gasteiger partial charge in [-0.05, 0) is 42.3 Å². The Balaban J connectivity index is 1.48. The molecule has 2 heterocycles. The number of rotatable bonds is 9. The van der Waals surface area contributed by atoms with Gasteiger partial charge in [-0.2, -0.15) is 4.80 Å². The second kappa shape index (κ2) is 11.7. The largest absolute Gasteiger partial charge is 0.497 e. The number of methoxy groups -OCH3 is 1. The number of furan rings is 1. The Morgan fingerprint density at radius 2 is 1.89 bits per heavy atom. The highest BCUT2D eigenvalue weighted by molar-refractivity contribution is 6.01. The van der Waals surface area contributed by atoms with Crippen molar-refractivity contribution in [2.45, 2.75) is 50.7 Å². The first-order valence-electron chi connectivity index (χ1n) is 12.8. The lowest BCUT2D eigenvalue weighted by Gasteiger charge is -2.32. The molecule has 1 aliphatic carbocycles. The van der Waals surface area contributed by atoms with E-state index in [2.05, 4.69) is 20.7 Å². The fraction of sp³-hybridized carbons (Fsp3) is 0.321. The molecule has 0 spiro atoms. The number of amides is 2.